The molecule has 0 heterocycles. The van der Waals surface area contributed by atoms with E-state index in [1.54, 1.807) is 13.0 Å². The molecule has 6 nitrogen and oxygen atoms in total. The minimum Gasteiger partial charge on any atom is -0.348 e. The molecule has 1 saturated carbocycles. The lowest BCUT2D eigenvalue weighted by atomic mass is 10.0. The van der Waals surface area contributed by atoms with Crippen LogP contribution in [0.5, 0.6) is 0 Å². The van der Waals surface area contributed by atoms with Crippen molar-refractivity contribution in [3.63, 3.8) is 0 Å². The molecule has 1 aliphatic carbocycles. The van der Waals surface area contributed by atoms with Gasteiger partial charge < -0.3 is 5.32 Å². The Morgan fingerprint density at radius 3 is 2.90 bits per heavy atom. The fraction of sp³-hybridized carbons (Fsp3) is 0.429. The van der Waals surface area contributed by atoms with E-state index in [2.05, 4.69) is 11.4 Å². The van der Waals surface area contributed by atoms with Crippen molar-refractivity contribution in [3.05, 3.63) is 39.4 Å². The zero-order valence-corrected chi connectivity index (χ0v) is 11.1. The lowest BCUT2D eigenvalue weighted by Gasteiger charge is -2.16. The molecule has 0 saturated heterocycles. The summed E-state index contributed by atoms with van der Waals surface area (Å²) < 4.78 is 0. The van der Waals surface area contributed by atoms with Gasteiger partial charge in [0, 0.05) is 23.7 Å². The summed E-state index contributed by atoms with van der Waals surface area (Å²) in [5.41, 5.74) is 0.867. The maximum atomic E-state index is 12.2. The number of nitriles is 1. The van der Waals surface area contributed by atoms with Crippen LogP contribution < -0.4 is 5.32 Å². The van der Waals surface area contributed by atoms with E-state index in [1.165, 1.54) is 12.1 Å². The zero-order chi connectivity index (χ0) is 14.7. The first-order valence-corrected chi connectivity index (χ1v) is 6.48. The largest absolute Gasteiger partial charge is 0.348 e. The molecule has 20 heavy (non-hydrogen) atoms. The SMILES string of the molecule is Cc1ccc([N+](=O)[O-])cc1C(=O)NC1CCCC1C#N. The van der Waals surface area contributed by atoms with Gasteiger partial charge in [-0.2, -0.15) is 5.26 Å². The summed E-state index contributed by atoms with van der Waals surface area (Å²) in [5.74, 6) is -0.517. The van der Waals surface area contributed by atoms with Crippen LogP contribution in [0.3, 0.4) is 0 Å². The molecule has 0 spiro atoms. The second kappa shape index (κ2) is 5.70. The molecule has 1 N–H and O–H groups in total. The summed E-state index contributed by atoms with van der Waals surface area (Å²) in [4.78, 5) is 22.5. The maximum Gasteiger partial charge on any atom is 0.270 e. The van der Waals surface area contributed by atoms with E-state index >= 15 is 0 Å². The number of nitrogens with zero attached hydrogens (tertiary/aromatic N) is 2. The van der Waals surface area contributed by atoms with Crippen LogP contribution in [0.1, 0.15) is 35.2 Å². The van der Waals surface area contributed by atoms with E-state index in [9.17, 15) is 14.9 Å². The summed E-state index contributed by atoms with van der Waals surface area (Å²) in [6.45, 7) is 1.73. The van der Waals surface area contributed by atoms with E-state index < -0.39 is 4.92 Å². The van der Waals surface area contributed by atoms with E-state index in [1.807, 2.05) is 0 Å². The van der Waals surface area contributed by atoms with Gasteiger partial charge in [0.25, 0.3) is 11.6 Å². The van der Waals surface area contributed by atoms with Crippen LogP contribution in [-0.4, -0.2) is 16.9 Å². The van der Waals surface area contributed by atoms with E-state index in [0.717, 1.165) is 19.3 Å². The molecule has 0 bridgehead atoms. The van der Waals surface area contributed by atoms with Crippen LogP contribution in [0.25, 0.3) is 0 Å². The molecule has 1 aliphatic rings. The van der Waals surface area contributed by atoms with Gasteiger partial charge in [-0.15, -0.1) is 0 Å². The van der Waals surface area contributed by atoms with Crippen molar-refractivity contribution in [2.45, 2.75) is 32.2 Å². The van der Waals surface area contributed by atoms with Gasteiger partial charge in [0.1, 0.15) is 0 Å². The van der Waals surface area contributed by atoms with E-state index in [0.29, 0.717) is 11.1 Å². The predicted octanol–water partition coefficient (Wildman–Crippen LogP) is 2.33. The highest BCUT2D eigenvalue weighted by molar-refractivity contribution is 5.96. The van der Waals surface area contributed by atoms with Crippen molar-refractivity contribution in [2.24, 2.45) is 5.92 Å². The third-order valence-corrected chi connectivity index (χ3v) is 3.67. The fourth-order valence-electron chi connectivity index (χ4n) is 2.50. The van der Waals surface area contributed by atoms with Crippen molar-refractivity contribution < 1.29 is 9.72 Å². The number of rotatable bonds is 3. The third kappa shape index (κ3) is 2.77. The van der Waals surface area contributed by atoms with E-state index in [4.69, 9.17) is 5.26 Å². The molecule has 6 heteroatoms. The Bertz CT molecular complexity index is 592. The summed E-state index contributed by atoms with van der Waals surface area (Å²) >= 11 is 0. The third-order valence-electron chi connectivity index (χ3n) is 3.67. The average Bonchev–Trinajstić information content (AvgIpc) is 2.86. The van der Waals surface area contributed by atoms with Gasteiger partial charge in [0.2, 0.25) is 0 Å². The number of amides is 1. The Balaban J connectivity index is 2.19. The van der Waals surface area contributed by atoms with Gasteiger partial charge in [-0.1, -0.05) is 6.07 Å². The van der Waals surface area contributed by atoms with Crippen LogP contribution >= 0.6 is 0 Å². The van der Waals surface area contributed by atoms with Gasteiger partial charge in [-0.3, -0.25) is 14.9 Å². The molecule has 1 amide bonds. The molecule has 2 atom stereocenters. The molecule has 0 radical (unpaired) electrons. The highest BCUT2D eigenvalue weighted by Gasteiger charge is 2.29. The summed E-state index contributed by atoms with van der Waals surface area (Å²) in [5, 5.41) is 22.6. The monoisotopic (exact) mass is 273 g/mol. The molecule has 0 aliphatic heterocycles. The van der Waals surface area contributed by atoms with Crippen molar-refractivity contribution in [1.29, 1.82) is 5.26 Å². The Labute approximate surface area is 116 Å². The summed E-state index contributed by atoms with van der Waals surface area (Å²) in [6, 6.07) is 6.24. The number of carbonyl (C=O) groups excluding carboxylic acids is 1. The average molecular weight is 273 g/mol. The number of nitro benzene ring substituents is 1. The molecular formula is C14H15N3O3. The summed E-state index contributed by atoms with van der Waals surface area (Å²) in [7, 11) is 0. The lowest BCUT2D eigenvalue weighted by molar-refractivity contribution is -0.384. The number of aryl methyl sites for hydroxylation is 1. The second-order valence-corrected chi connectivity index (χ2v) is 5.00. The Morgan fingerprint density at radius 1 is 1.50 bits per heavy atom. The van der Waals surface area contributed by atoms with Gasteiger partial charge in [-0.05, 0) is 31.7 Å². The number of nitro groups is 1. The van der Waals surface area contributed by atoms with Crippen molar-refractivity contribution in [1.82, 2.24) is 5.32 Å². The molecule has 2 rings (SSSR count). The first-order chi connectivity index (χ1) is 9.52. The highest BCUT2D eigenvalue weighted by Crippen LogP contribution is 2.25. The first kappa shape index (κ1) is 14.0. The summed E-state index contributed by atoms with van der Waals surface area (Å²) in [6.07, 6.45) is 2.48. The quantitative estimate of drug-likeness (QED) is 0.675. The zero-order valence-electron chi connectivity index (χ0n) is 11.1. The lowest BCUT2D eigenvalue weighted by Crippen LogP contribution is -2.37. The van der Waals surface area contributed by atoms with Gasteiger partial charge in [0.05, 0.1) is 16.9 Å². The number of hydrogen-bond acceptors (Lipinski definition) is 4. The van der Waals surface area contributed by atoms with Crippen LogP contribution in [-0.2, 0) is 0 Å². The molecule has 1 aromatic carbocycles. The molecular weight excluding hydrogens is 258 g/mol. The Hall–Kier alpha value is -2.42. The number of nitrogens with one attached hydrogen (secondary N) is 1. The van der Waals surface area contributed by atoms with Crippen molar-refractivity contribution in [2.75, 3.05) is 0 Å². The van der Waals surface area contributed by atoms with Crippen molar-refractivity contribution in [3.8, 4) is 6.07 Å². The predicted molar refractivity (Wildman–Crippen MR) is 72.0 cm³/mol. The van der Waals surface area contributed by atoms with Gasteiger partial charge in [0.15, 0.2) is 0 Å². The smallest absolute Gasteiger partial charge is 0.270 e. The second-order valence-electron chi connectivity index (χ2n) is 5.00. The fourth-order valence-corrected chi connectivity index (χ4v) is 2.50. The van der Waals surface area contributed by atoms with E-state index in [-0.39, 0.29) is 23.6 Å². The number of non-ortho nitro benzene ring substituents is 1. The maximum absolute atomic E-state index is 12.2. The highest BCUT2D eigenvalue weighted by atomic mass is 16.6. The van der Waals surface area contributed by atoms with Crippen LogP contribution in [0.15, 0.2) is 18.2 Å². The Morgan fingerprint density at radius 2 is 2.25 bits per heavy atom. The van der Waals surface area contributed by atoms with Crippen molar-refractivity contribution >= 4 is 11.6 Å². The molecule has 2 unspecified atom stereocenters. The standard InChI is InChI=1S/C14H15N3O3/c1-9-5-6-11(17(19)20)7-12(9)14(18)16-13-4-2-3-10(13)8-15/h5-7,10,13H,2-4H2,1H3,(H,16,18). The van der Waals surface area contributed by atoms with Gasteiger partial charge >= 0.3 is 0 Å². The minimum atomic E-state index is -0.524. The Kier molecular flexibility index (Phi) is 3.99. The minimum absolute atomic E-state index is 0.107. The van der Waals surface area contributed by atoms with Crippen LogP contribution in [0.2, 0.25) is 0 Å². The molecule has 0 aromatic heterocycles. The van der Waals surface area contributed by atoms with Gasteiger partial charge in [-0.25, -0.2) is 0 Å². The van der Waals surface area contributed by atoms with Crippen LogP contribution in [0, 0.1) is 34.3 Å². The topological polar surface area (TPSA) is 96.0 Å². The molecule has 1 aromatic rings. The number of carbonyl (C=O) groups is 1. The normalized spacial score (nSPS) is 21.2. The first-order valence-electron chi connectivity index (χ1n) is 6.48. The molecule has 1 fully saturated rings. The molecule has 104 valence electrons. The van der Waals surface area contributed by atoms with Crippen LogP contribution in [0.4, 0.5) is 5.69 Å². The number of hydrogen-bond donors (Lipinski definition) is 1. The number of benzene rings is 1.